The first-order valence-corrected chi connectivity index (χ1v) is 13.3. The number of anilines is 2. The van der Waals surface area contributed by atoms with Crippen molar-refractivity contribution < 1.29 is 19.0 Å². The second-order valence-corrected chi connectivity index (χ2v) is 10.1. The van der Waals surface area contributed by atoms with Gasteiger partial charge >= 0.3 is 0 Å². The Bertz CT molecular complexity index is 1040. The maximum atomic E-state index is 12.9. The third-order valence-electron chi connectivity index (χ3n) is 6.71. The van der Waals surface area contributed by atoms with Gasteiger partial charge in [0.1, 0.15) is 16.7 Å². The predicted octanol–water partition coefficient (Wildman–Crippen LogP) is 2.92. The molecule has 5 rings (SSSR count). The zero-order valence-corrected chi connectivity index (χ0v) is 21.4. The van der Waals surface area contributed by atoms with E-state index in [2.05, 4.69) is 25.8 Å². The van der Waals surface area contributed by atoms with Crippen molar-refractivity contribution in [1.82, 2.24) is 14.9 Å². The molecule has 35 heavy (non-hydrogen) atoms. The van der Waals surface area contributed by atoms with Crippen LogP contribution in [0.25, 0.3) is 0 Å². The Labute approximate surface area is 214 Å². The maximum Gasteiger partial charge on any atom is 0.233 e. The molecule has 1 amide bonds. The first-order chi connectivity index (χ1) is 17.0. The average molecular weight is 520 g/mol. The molecule has 0 bridgehead atoms. The fraction of sp³-hybridized carbons (Fsp3) is 0.542. The lowest BCUT2D eigenvalue weighted by molar-refractivity contribution is -0.169. The van der Waals surface area contributed by atoms with Crippen LogP contribution in [0.2, 0.25) is 5.15 Å². The number of benzene rings is 1. The summed E-state index contributed by atoms with van der Waals surface area (Å²) in [5.41, 5.74) is 1.06. The molecule has 0 N–H and O–H groups in total. The number of piperidine rings is 1. The minimum Gasteiger partial charge on any atom is -0.495 e. The van der Waals surface area contributed by atoms with E-state index < -0.39 is 5.79 Å². The molecule has 1 aromatic heterocycles. The molecule has 4 heterocycles. The van der Waals surface area contributed by atoms with Crippen LogP contribution in [0.3, 0.4) is 0 Å². The molecule has 0 unspecified atom stereocenters. The van der Waals surface area contributed by atoms with Crippen LogP contribution in [-0.2, 0) is 14.3 Å². The number of ether oxygens (including phenoxy) is 3. The summed E-state index contributed by atoms with van der Waals surface area (Å²) in [4.78, 5) is 28.2. The normalized spacial score (nSPS) is 19.9. The Kier molecular flexibility index (Phi) is 7.52. The number of para-hydroxylation sites is 2. The van der Waals surface area contributed by atoms with Gasteiger partial charge < -0.3 is 28.9 Å². The number of amides is 1. The van der Waals surface area contributed by atoms with Crippen LogP contribution in [-0.4, -0.2) is 91.9 Å². The number of aromatic nitrogens is 2. The van der Waals surface area contributed by atoms with E-state index >= 15 is 0 Å². The molecular weight excluding hydrogens is 490 g/mol. The van der Waals surface area contributed by atoms with Crippen molar-refractivity contribution in [2.24, 2.45) is 0 Å². The van der Waals surface area contributed by atoms with E-state index in [-0.39, 0.29) is 11.7 Å². The quantitative estimate of drug-likeness (QED) is 0.325. The monoisotopic (exact) mass is 519 g/mol. The smallest absolute Gasteiger partial charge is 0.233 e. The molecule has 0 radical (unpaired) electrons. The summed E-state index contributed by atoms with van der Waals surface area (Å²) >= 11 is 7.63. The van der Waals surface area contributed by atoms with Crippen LogP contribution in [0.15, 0.2) is 35.5 Å². The third-order valence-corrected chi connectivity index (χ3v) is 7.73. The molecule has 1 spiro atoms. The maximum absolute atomic E-state index is 12.9. The fourth-order valence-corrected chi connectivity index (χ4v) is 5.76. The Morgan fingerprint density at radius 1 is 1.06 bits per heavy atom. The molecule has 3 aliphatic heterocycles. The fourth-order valence-electron chi connectivity index (χ4n) is 4.78. The van der Waals surface area contributed by atoms with Crippen LogP contribution < -0.4 is 14.5 Å². The lowest BCUT2D eigenvalue weighted by Crippen LogP contribution is -2.49. The first-order valence-electron chi connectivity index (χ1n) is 11.9. The molecule has 188 valence electrons. The molecule has 2 aromatic rings. The van der Waals surface area contributed by atoms with Crippen LogP contribution in [0, 0.1) is 0 Å². The molecule has 9 nitrogen and oxygen atoms in total. The van der Waals surface area contributed by atoms with Gasteiger partial charge in [0.05, 0.1) is 31.8 Å². The largest absolute Gasteiger partial charge is 0.495 e. The Balaban J connectivity index is 1.14. The molecule has 3 saturated heterocycles. The van der Waals surface area contributed by atoms with Crippen molar-refractivity contribution >= 4 is 40.8 Å². The summed E-state index contributed by atoms with van der Waals surface area (Å²) in [6.07, 6.45) is 1.58. The zero-order valence-electron chi connectivity index (χ0n) is 19.8. The predicted molar refractivity (Wildman–Crippen MR) is 136 cm³/mol. The lowest BCUT2D eigenvalue weighted by atomic mass is 10.0. The van der Waals surface area contributed by atoms with Crippen molar-refractivity contribution in [2.45, 2.75) is 23.8 Å². The summed E-state index contributed by atoms with van der Waals surface area (Å²) < 4.78 is 17.1. The van der Waals surface area contributed by atoms with Gasteiger partial charge in [0.15, 0.2) is 10.9 Å². The van der Waals surface area contributed by atoms with E-state index in [0.717, 1.165) is 56.3 Å². The highest BCUT2D eigenvalue weighted by Gasteiger charge is 2.40. The first kappa shape index (κ1) is 24.4. The van der Waals surface area contributed by atoms with E-state index in [1.807, 2.05) is 23.1 Å². The van der Waals surface area contributed by atoms with Gasteiger partial charge in [0.2, 0.25) is 5.91 Å². The van der Waals surface area contributed by atoms with Crippen molar-refractivity contribution in [3.63, 3.8) is 0 Å². The average Bonchev–Trinajstić information content (AvgIpc) is 3.35. The van der Waals surface area contributed by atoms with Crippen LogP contribution >= 0.6 is 23.4 Å². The molecule has 0 aliphatic carbocycles. The summed E-state index contributed by atoms with van der Waals surface area (Å²) in [5, 5.41) is 0.895. The van der Waals surface area contributed by atoms with E-state index in [0.29, 0.717) is 36.6 Å². The SMILES string of the molecule is COc1ccccc1N1CCN(C(=O)CSc2nc(Cl)cc(N3CCC4(CC3)OCCO4)n2)CC1. The summed E-state index contributed by atoms with van der Waals surface area (Å²) in [6.45, 7) is 5.71. The van der Waals surface area contributed by atoms with E-state index in [9.17, 15) is 4.79 Å². The Hall–Kier alpha value is -2.27. The Morgan fingerprint density at radius 3 is 2.49 bits per heavy atom. The number of carbonyl (C=O) groups is 1. The molecule has 11 heteroatoms. The Morgan fingerprint density at radius 2 is 1.77 bits per heavy atom. The van der Waals surface area contributed by atoms with Gasteiger partial charge in [-0.2, -0.15) is 0 Å². The number of hydrogen-bond donors (Lipinski definition) is 0. The highest BCUT2D eigenvalue weighted by molar-refractivity contribution is 7.99. The van der Waals surface area contributed by atoms with Gasteiger partial charge in [0.25, 0.3) is 0 Å². The molecule has 0 atom stereocenters. The second kappa shape index (κ2) is 10.8. The van der Waals surface area contributed by atoms with Gasteiger partial charge in [-0.05, 0) is 12.1 Å². The van der Waals surface area contributed by atoms with Crippen molar-refractivity contribution in [3.05, 3.63) is 35.5 Å². The van der Waals surface area contributed by atoms with Gasteiger partial charge in [-0.25, -0.2) is 9.97 Å². The number of hydrogen-bond acceptors (Lipinski definition) is 9. The molecule has 0 saturated carbocycles. The number of halogens is 1. The standard InChI is InChI=1S/C24H30ClN5O4S/c1-32-19-5-3-2-4-18(19)28-10-12-30(13-11-28)22(31)17-35-23-26-20(25)16-21(27-23)29-8-6-24(7-9-29)33-14-15-34-24/h2-5,16H,6-15,17H2,1H3. The molecule has 3 fully saturated rings. The minimum atomic E-state index is -0.438. The van der Waals surface area contributed by atoms with E-state index in [1.54, 1.807) is 13.2 Å². The number of piperazine rings is 1. The topological polar surface area (TPSA) is 80.3 Å². The number of rotatable bonds is 6. The van der Waals surface area contributed by atoms with E-state index in [4.69, 9.17) is 25.8 Å². The number of nitrogens with zero attached hydrogens (tertiary/aromatic N) is 5. The zero-order chi connectivity index (χ0) is 24.3. The van der Waals surface area contributed by atoms with Gasteiger partial charge in [-0.3, -0.25) is 4.79 Å². The van der Waals surface area contributed by atoms with Gasteiger partial charge in [-0.15, -0.1) is 0 Å². The van der Waals surface area contributed by atoms with Crippen molar-refractivity contribution in [1.29, 1.82) is 0 Å². The van der Waals surface area contributed by atoms with Crippen LogP contribution in [0.4, 0.5) is 11.5 Å². The molecular formula is C24H30ClN5O4S. The number of carbonyl (C=O) groups excluding carboxylic acids is 1. The van der Waals surface area contributed by atoms with Crippen molar-refractivity contribution in [2.75, 3.05) is 75.1 Å². The number of methoxy groups -OCH3 is 1. The molecule has 1 aromatic carbocycles. The highest BCUT2D eigenvalue weighted by atomic mass is 35.5. The summed E-state index contributed by atoms with van der Waals surface area (Å²) in [5.74, 6) is 1.55. The summed E-state index contributed by atoms with van der Waals surface area (Å²) in [7, 11) is 1.68. The third kappa shape index (κ3) is 5.61. The number of thioether (sulfide) groups is 1. The minimum absolute atomic E-state index is 0.0789. The lowest BCUT2D eigenvalue weighted by Gasteiger charge is -2.38. The highest BCUT2D eigenvalue weighted by Crippen LogP contribution is 2.34. The molecule has 3 aliphatic rings. The van der Waals surface area contributed by atoms with Crippen LogP contribution in [0.5, 0.6) is 5.75 Å². The van der Waals surface area contributed by atoms with Gasteiger partial charge in [-0.1, -0.05) is 35.5 Å². The summed E-state index contributed by atoms with van der Waals surface area (Å²) in [6, 6.07) is 9.75. The van der Waals surface area contributed by atoms with Gasteiger partial charge in [0, 0.05) is 58.2 Å². The van der Waals surface area contributed by atoms with Crippen LogP contribution in [0.1, 0.15) is 12.8 Å². The van der Waals surface area contributed by atoms with E-state index in [1.165, 1.54) is 11.8 Å². The van der Waals surface area contributed by atoms with Crippen molar-refractivity contribution in [3.8, 4) is 5.75 Å². The second-order valence-electron chi connectivity index (χ2n) is 8.75.